The molecule has 0 atom stereocenters. The Bertz CT molecular complexity index is 410. The van der Waals surface area contributed by atoms with Crippen molar-refractivity contribution < 1.29 is 8.42 Å². The average Bonchev–Trinajstić information content (AvgIpc) is 2.03. The molecule has 0 fully saturated rings. The molecule has 0 amide bonds. The van der Waals surface area contributed by atoms with Gasteiger partial charge in [-0.05, 0) is 30.7 Å². The molecule has 0 saturated carbocycles. The zero-order chi connectivity index (χ0) is 10.1. The minimum Gasteiger partial charge on any atom is -0.399 e. The van der Waals surface area contributed by atoms with E-state index >= 15 is 0 Å². The molecule has 0 bridgehead atoms. The topological polar surface area (TPSA) is 60.2 Å². The molecule has 1 aromatic carbocycles. The molecule has 13 heavy (non-hydrogen) atoms. The average molecular weight is 199 g/mol. The normalized spacial score (nSPS) is 11.5. The van der Waals surface area contributed by atoms with Crippen molar-refractivity contribution in [2.45, 2.75) is 18.7 Å². The van der Waals surface area contributed by atoms with E-state index in [1.54, 1.807) is 32.0 Å². The highest BCUT2D eigenvalue weighted by molar-refractivity contribution is 7.91. The Morgan fingerprint density at radius 3 is 2.46 bits per heavy atom. The van der Waals surface area contributed by atoms with Crippen LogP contribution in [0.5, 0.6) is 0 Å². The van der Waals surface area contributed by atoms with Gasteiger partial charge in [0.25, 0.3) is 0 Å². The van der Waals surface area contributed by atoms with Gasteiger partial charge in [-0.1, -0.05) is 6.92 Å². The van der Waals surface area contributed by atoms with E-state index in [1.165, 1.54) is 0 Å². The van der Waals surface area contributed by atoms with Gasteiger partial charge in [0.1, 0.15) is 0 Å². The highest BCUT2D eigenvalue weighted by Gasteiger charge is 2.13. The molecule has 0 aliphatic heterocycles. The molecule has 0 spiro atoms. The summed E-state index contributed by atoms with van der Waals surface area (Å²) in [6.45, 7) is 3.38. The zero-order valence-corrected chi connectivity index (χ0v) is 8.56. The Morgan fingerprint density at radius 2 is 2.00 bits per heavy atom. The third-order valence-electron chi connectivity index (χ3n) is 1.91. The lowest BCUT2D eigenvalue weighted by Gasteiger charge is -2.05. The number of anilines is 1. The number of rotatable bonds is 2. The molecule has 0 radical (unpaired) electrons. The van der Waals surface area contributed by atoms with Crippen LogP contribution in [0.1, 0.15) is 12.5 Å². The van der Waals surface area contributed by atoms with Crippen LogP contribution in [0.25, 0.3) is 0 Å². The van der Waals surface area contributed by atoms with Crippen molar-refractivity contribution in [1.82, 2.24) is 0 Å². The summed E-state index contributed by atoms with van der Waals surface area (Å²) in [7, 11) is -3.10. The summed E-state index contributed by atoms with van der Waals surface area (Å²) in [5, 5.41) is 0. The molecule has 0 aliphatic carbocycles. The lowest BCUT2D eigenvalue weighted by atomic mass is 10.2. The molecule has 0 aromatic heterocycles. The first-order chi connectivity index (χ1) is 5.97. The van der Waals surface area contributed by atoms with Gasteiger partial charge in [0.15, 0.2) is 9.84 Å². The van der Waals surface area contributed by atoms with Crippen molar-refractivity contribution in [3.05, 3.63) is 23.8 Å². The Morgan fingerprint density at radius 1 is 1.38 bits per heavy atom. The highest BCUT2D eigenvalue weighted by atomic mass is 32.2. The maximum absolute atomic E-state index is 11.5. The van der Waals surface area contributed by atoms with Gasteiger partial charge in [-0.15, -0.1) is 0 Å². The lowest BCUT2D eigenvalue weighted by molar-refractivity contribution is 0.596. The van der Waals surface area contributed by atoms with E-state index in [9.17, 15) is 8.42 Å². The molecule has 1 rings (SSSR count). The summed E-state index contributed by atoms with van der Waals surface area (Å²) in [6, 6.07) is 4.83. The highest BCUT2D eigenvalue weighted by Crippen LogP contribution is 2.18. The summed E-state index contributed by atoms with van der Waals surface area (Å²) in [5.74, 6) is 0.123. The van der Waals surface area contributed by atoms with Gasteiger partial charge < -0.3 is 5.73 Å². The quantitative estimate of drug-likeness (QED) is 0.732. The SMILES string of the molecule is CCS(=O)(=O)c1ccc(N)cc1C. The number of hydrogen-bond donors (Lipinski definition) is 1. The summed E-state index contributed by atoms with van der Waals surface area (Å²) in [6.07, 6.45) is 0. The van der Waals surface area contributed by atoms with Crippen molar-refractivity contribution in [3.8, 4) is 0 Å². The first-order valence-electron chi connectivity index (χ1n) is 4.06. The van der Waals surface area contributed by atoms with E-state index in [0.717, 1.165) is 0 Å². The minimum absolute atomic E-state index is 0.123. The van der Waals surface area contributed by atoms with Crippen LogP contribution in [0.4, 0.5) is 5.69 Å². The largest absolute Gasteiger partial charge is 0.399 e. The van der Waals surface area contributed by atoms with Crippen LogP contribution in [0.15, 0.2) is 23.1 Å². The van der Waals surface area contributed by atoms with Crippen molar-refractivity contribution in [2.75, 3.05) is 11.5 Å². The molecular weight excluding hydrogens is 186 g/mol. The second-order valence-corrected chi connectivity index (χ2v) is 5.18. The lowest BCUT2D eigenvalue weighted by Crippen LogP contribution is -2.05. The van der Waals surface area contributed by atoms with Crippen LogP contribution in [-0.4, -0.2) is 14.2 Å². The fourth-order valence-corrected chi connectivity index (χ4v) is 2.31. The molecule has 3 nitrogen and oxygen atoms in total. The van der Waals surface area contributed by atoms with Crippen molar-refractivity contribution in [1.29, 1.82) is 0 Å². The molecule has 0 unspecified atom stereocenters. The molecule has 72 valence electrons. The monoisotopic (exact) mass is 199 g/mol. The number of aryl methyl sites for hydroxylation is 1. The van der Waals surface area contributed by atoms with Crippen LogP contribution in [0, 0.1) is 6.92 Å². The molecule has 2 N–H and O–H groups in total. The summed E-state index contributed by atoms with van der Waals surface area (Å²) in [5.41, 5.74) is 6.82. The van der Waals surface area contributed by atoms with Crippen LogP contribution in [0.2, 0.25) is 0 Å². The van der Waals surface area contributed by atoms with Crippen molar-refractivity contribution in [2.24, 2.45) is 0 Å². The van der Waals surface area contributed by atoms with Gasteiger partial charge in [-0.3, -0.25) is 0 Å². The molecule has 1 aromatic rings. The van der Waals surface area contributed by atoms with E-state index in [0.29, 0.717) is 16.1 Å². The summed E-state index contributed by atoms with van der Waals surface area (Å²) in [4.78, 5) is 0.379. The maximum Gasteiger partial charge on any atom is 0.178 e. The van der Waals surface area contributed by atoms with E-state index in [-0.39, 0.29) is 5.75 Å². The predicted molar refractivity (Wildman–Crippen MR) is 53.3 cm³/mol. The van der Waals surface area contributed by atoms with Crippen LogP contribution >= 0.6 is 0 Å². The zero-order valence-electron chi connectivity index (χ0n) is 7.74. The first-order valence-corrected chi connectivity index (χ1v) is 5.71. The Balaban J connectivity index is 3.33. The third kappa shape index (κ3) is 2.01. The minimum atomic E-state index is -3.10. The Kier molecular flexibility index (Phi) is 2.61. The Labute approximate surface area is 78.5 Å². The first kappa shape index (κ1) is 10.1. The van der Waals surface area contributed by atoms with Gasteiger partial charge in [-0.2, -0.15) is 0 Å². The van der Waals surface area contributed by atoms with Gasteiger partial charge >= 0.3 is 0 Å². The van der Waals surface area contributed by atoms with E-state index < -0.39 is 9.84 Å². The second kappa shape index (κ2) is 3.38. The van der Waals surface area contributed by atoms with Gasteiger partial charge in [0, 0.05) is 5.69 Å². The number of nitrogen functional groups attached to an aromatic ring is 1. The fourth-order valence-electron chi connectivity index (χ4n) is 1.18. The molecule has 0 saturated heterocycles. The number of benzene rings is 1. The summed E-state index contributed by atoms with van der Waals surface area (Å²) < 4.78 is 23.0. The van der Waals surface area contributed by atoms with Gasteiger partial charge in [-0.25, -0.2) is 8.42 Å². The van der Waals surface area contributed by atoms with Crippen LogP contribution < -0.4 is 5.73 Å². The second-order valence-electron chi connectivity index (χ2n) is 2.93. The summed E-state index contributed by atoms with van der Waals surface area (Å²) >= 11 is 0. The number of hydrogen-bond acceptors (Lipinski definition) is 3. The standard InChI is InChI=1S/C9H13NO2S/c1-3-13(11,12)9-5-4-8(10)6-7(9)2/h4-6H,3,10H2,1-2H3. The van der Waals surface area contributed by atoms with Crippen molar-refractivity contribution in [3.63, 3.8) is 0 Å². The third-order valence-corrected chi connectivity index (χ3v) is 3.80. The predicted octanol–water partition coefficient (Wildman–Crippen LogP) is 1.37. The molecule has 0 aliphatic rings. The molecular formula is C9H13NO2S. The van der Waals surface area contributed by atoms with Gasteiger partial charge in [0.2, 0.25) is 0 Å². The van der Waals surface area contributed by atoms with E-state index in [4.69, 9.17) is 5.73 Å². The van der Waals surface area contributed by atoms with Gasteiger partial charge in [0.05, 0.1) is 10.6 Å². The maximum atomic E-state index is 11.5. The van der Waals surface area contributed by atoms with Crippen LogP contribution in [0.3, 0.4) is 0 Å². The molecule has 4 heteroatoms. The van der Waals surface area contributed by atoms with E-state index in [1.807, 2.05) is 0 Å². The number of nitrogens with two attached hydrogens (primary N) is 1. The van der Waals surface area contributed by atoms with Crippen LogP contribution in [-0.2, 0) is 9.84 Å². The fraction of sp³-hybridized carbons (Fsp3) is 0.333. The molecule has 0 heterocycles. The van der Waals surface area contributed by atoms with E-state index in [2.05, 4.69) is 0 Å². The Hall–Kier alpha value is -1.03. The van der Waals surface area contributed by atoms with Crippen molar-refractivity contribution >= 4 is 15.5 Å². The number of sulfone groups is 1. The smallest absolute Gasteiger partial charge is 0.178 e.